The molecule has 0 aromatic heterocycles. The van der Waals surface area contributed by atoms with Crippen molar-refractivity contribution in [2.24, 2.45) is 0 Å². The van der Waals surface area contributed by atoms with Gasteiger partial charge in [0.15, 0.2) is 0 Å². The topological polar surface area (TPSA) is 102 Å². The molecule has 9 heteroatoms. The molecule has 0 atom stereocenters. The summed E-state index contributed by atoms with van der Waals surface area (Å²) >= 11 is 3.46. The molecule has 0 spiro atoms. The fraction of sp³-hybridized carbons (Fsp3) is 0.111. The molecule has 0 saturated carbocycles. The van der Waals surface area contributed by atoms with E-state index in [4.69, 9.17) is 9.47 Å². The third-order valence-electron chi connectivity index (χ3n) is 5.24. The van der Waals surface area contributed by atoms with Crippen molar-refractivity contribution in [1.29, 1.82) is 0 Å². The largest absolute Gasteiger partial charge is 0.488 e. The Labute approximate surface area is 215 Å². The second-order valence-corrected chi connectivity index (χ2v) is 8.54. The Hall–Kier alpha value is -4.24. The van der Waals surface area contributed by atoms with E-state index in [0.29, 0.717) is 22.4 Å². The van der Waals surface area contributed by atoms with Crippen LogP contribution in [0, 0.1) is 0 Å². The molecule has 1 N–H and O–H groups in total. The molecule has 182 valence electrons. The van der Waals surface area contributed by atoms with Crippen molar-refractivity contribution in [2.75, 3.05) is 11.5 Å². The van der Waals surface area contributed by atoms with Gasteiger partial charge in [-0.25, -0.2) is 14.5 Å². The minimum absolute atomic E-state index is 0.204. The Morgan fingerprint density at radius 2 is 1.72 bits per heavy atom. The molecule has 0 bridgehead atoms. The van der Waals surface area contributed by atoms with Gasteiger partial charge in [0, 0.05) is 0 Å². The van der Waals surface area contributed by atoms with Gasteiger partial charge in [0.05, 0.1) is 22.3 Å². The van der Waals surface area contributed by atoms with Crippen molar-refractivity contribution in [1.82, 2.24) is 5.32 Å². The van der Waals surface area contributed by atoms with E-state index in [0.717, 1.165) is 10.5 Å². The minimum atomic E-state index is -0.878. The lowest BCUT2D eigenvalue weighted by Gasteiger charge is -2.26. The maximum atomic E-state index is 13.1. The lowest BCUT2D eigenvalue weighted by atomic mass is 10.1. The molecule has 4 amide bonds. The Morgan fingerprint density at radius 1 is 1.00 bits per heavy atom. The van der Waals surface area contributed by atoms with E-state index in [-0.39, 0.29) is 23.4 Å². The highest BCUT2D eigenvalue weighted by Gasteiger charge is 2.36. The van der Waals surface area contributed by atoms with Crippen LogP contribution in [-0.2, 0) is 20.9 Å². The van der Waals surface area contributed by atoms with E-state index in [2.05, 4.69) is 21.2 Å². The van der Waals surface area contributed by atoms with Crippen molar-refractivity contribution >= 4 is 51.5 Å². The zero-order valence-corrected chi connectivity index (χ0v) is 20.8. The molecule has 1 aliphatic rings. The Morgan fingerprint density at radius 3 is 2.39 bits per heavy atom. The summed E-state index contributed by atoms with van der Waals surface area (Å²) in [6, 6.07) is 19.7. The number of barbiturate groups is 1. The summed E-state index contributed by atoms with van der Waals surface area (Å²) in [5.41, 5.74) is 1.83. The first-order valence-corrected chi connectivity index (χ1v) is 11.8. The zero-order chi connectivity index (χ0) is 25.7. The van der Waals surface area contributed by atoms with Gasteiger partial charge in [0.1, 0.15) is 17.9 Å². The number of carbonyl (C=O) groups is 4. The van der Waals surface area contributed by atoms with E-state index in [1.54, 1.807) is 25.1 Å². The normalized spacial score (nSPS) is 14.6. The first-order valence-electron chi connectivity index (χ1n) is 11.0. The van der Waals surface area contributed by atoms with Crippen LogP contribution >= 0.6 is 15.9 Å². The van der Waals surface area contributed by atoms with E-state index in [1.807, 2.05) is 30.3 Å². The van der Waals surface area contributed by atoms with Gasteiger partial charge in [0.2, 0.25) is 0 Å². The highest BCUT2D eigenvalue weighted by atomic mass is 79.9. The number of halogens is 1. The predicted octanol–water partition coefficient (Wildman–Crippen LogP) is 4.87. The lowest BCUT2D eigenvalue weighted by molar-refractivity contribution is -0.122. The summed E-state index contributed by atoms with van der Waals surface area (Å²) in [6.07, 6.45) is 1.40. The Balaban J connectivity index is 1.54. The van der Waals surface area contributed by atoms with Crippen LogP contribution in [0.2, 0.25) is 0 Å². The van der Waals surface area contributed by atoms with Gasteiger partial charge in [-0.1, -0.05) is 36.4 Å². The summed E-state index contributed by atoms with van der Waals surface area (Å²) in [5.74, 6) is -1.51. The molecule has 8 nitrogen and oxygen atoms in total. The number of hydrogen-bond acceptors (Lipinski definition) is 6. The summed E-state index contributed by atoms with van der Waals surface area (Å²) in [5, 5.41) is 2.18. The minimum Gasteiger partial charge on any atom is -0.488 e. The van der Waals surface area contributed by atoms with Crippen LogP contribution in [0.1, 0.15) is 28.4 Å². The van der Waals surface area contributed by atoms with E-state index in [9.17, 15) is 19.2 Å². The molecular formula is C27H21BrN2O6. The quantitative estimate of drug-likeness (QED) is 0.256. The number of ether oxygens (including phenoxy) is 2. The summed E-state index contributed by atoms with van der Waals surface area (Å²) in [6.45, 7) is 2.30. The number of benzene rings is 3. The van der Waals surface area contributed by atoms with Gasteiger partial charge < -0.3 is 9.47 Å². The van der Waals surface area contributed by atoms with Gasteiger partial charge >= 0.3 is 12.0 Å². The summed E-state index contributed by atoms with van der Waals surface area (Å²) in [7, 11) is 0. The second kappa shape index (κ2) is 11.0. The molecule has 1 heterocycles. The molecule has 1 fully saturated rings. The Kier molecular flexibility index (Phi) is 7.60. The van der Waals surface area contributed by atoms with Gasteiger partial charge in [-0.2, -0.15) is 0 Å². The number of esters is 1. The number of amides is 4. The number of imide groups is 2. The molecule has 4 rings (SSSR count). The summed E-state index contributed by atoms with van der Waals surface area (Å²) < 4.78 is 11.4. The van der Waals surface area contributed by atoms with Crippen LogP contribution in [0.4, 0.5) is 10.5 Å². The number of nitrogens with zero attached hydrogens (tertiary/aromatic N) is 1. The lowest BCUT2D eigenvalue weighted by Crippen LogP contribution is -2.54. The van der Waals surface area contributed by atoms with Crippen molar-refractivity contribution < 1.29 is 28.7 Å². The molecule has 1 aliphatic heterocycles. The average Bonchev–Trinajstić information content (AvgIpc) is 2.87. The SMILES string of the molecule is CCOC(=O)c1ccc(N2C(=O)NC(=O)/C(=C\c3ccc(OCc4ccccc4)c(Br)c3)C2=O)cc1. The molecule has 0 unspecified atom stereocenters. The van der Waals surface area contributed by atoms with Crippen LogP contribution in [0.3, 0.4) is 0 Å². The van der Waals surface area contributed by atoms with Crippen LogP contribution in [0.15, 0.2) is 82.8 Å². The number of carbonyl (C=O) groups excluding carboxylic acids is 4. The molecule has 0 radical (unpaired) electrons. The molecule has 3 aromatic carbocycles. The monoisotopic (exact) mass is 548 g/mol. The molecule has 1 saturated heterocycles. The number of hydrogen-bond donors (Lipinski definition) is 1. The first kappa shape index (κ1) is 24.9. The van der Waals surface area contributed by atoms with Gasteiger partial charge in [-0.15, -0.1) is 0 Å². The molecule has 0 aliphatic carbocycles. The van der Waals surface area contributed by atoms with Crippen LogP contribution in [0.5, 0.6) is 5.75 Å². The standard InChI is InChI=1S/C27H21BrN2O6/c1-2-35-26(33)19-9-11-20(12-10-19)30-25(32)21(24(31)29-27(30)34)14-18-8-13-23(22(28)15-18)36-16-17-6-4-3-5-7-17/h3-15H,2,16H2,1H3,(H,29,31,34)/b21-14+. The smallest absolute Gasteiger partial charge is 0.338 e. The molecule has 36 heavy (non-hydrogen) atoms. The van der Waals surface area contributed by atoms with Crippen molar-refractivity contribution in [3.63, 3.8) is 0 Å². The average molecular weight is 549 g/mol. The highest BCUT2D eigenvalue weighted by Crippen LogP contribution is 2.29. The van der Waals surface area contributed by atoms with Crippen LogP contribution < -0.4 is 15.0 Å². The summed E-state index contributed by atoms with van der Waals surface area (Å²) in [4.78, 5) is 50.8. The van der Waals surface area contributed by atoms with E-state index < -0.39 is 23.8 Å². The van der Waals surface area contributed by atoms with Crippen molar-refractivity contribution in [3.05, 3.63) is 99.5 Å². The van der Waals surface area contributed by atoms with Crippen LogP contribution in [-0.4, -0.2) is 30.4 Å². The maximum Gasteiger partial charge on any atom is 0.338 e. The highest BCUT2D eigenvalue weighted by molar-refractivity contribution is 9.10. The number of urea groups is 1. The van der Waals surface area contributed by atoms with Crippen LogP contribution in [0.25, 0.3) is 6.08 Å². The van der Waals surface area contributed by atoms with Crippen molar-refractivity contribution in [3.8, 4) is 5.75 Å². The molecular weight excluding hydrogens is 528 g/mol. The number of anilines is 1. The second-order valence-electron chi connectivity index (χ2n) is 7.69. The molecule has 3 aromatic rings. The third kappa shape index (κ3) is 5.52. The van der Waals surface area contributed by atoms with Crippen molar-refractivity contribution in [2.45, 2.75) is 13.5 Å². The number of nitrogens with one attached hydrogen (secondary N) is 1. The maximum absolute atomic E-state index is 13.1. The zero-order valence-electron chi connectivity index (χ0n) is 19.2. The van der Waals surface area contributed by atoms with E-state index >= 15 is 0 Å². The Bertz CT molecular complexity index is 1350. The van der Waals surface area contributed by atoms with E-state index in [1.165, 1.54) is 30.3 Å². The first-order chi connectivity index (χ1) is 17.4. The van der Waals surface area contributed by atoms with Gasteiger partial charge in [-0.3, -0.25) is 14.9 Å². The predicted molar refractivity (Wildman–Crippen MR) is 136 cm³/mol. The number of rotatable bonds is 7. The van der Waals surface area contributed by atoms with Gasteiger partial charge in [0.25, 0.3) is 11.8 Å². The fourth-order valence-electron chi connectivity index (χ4n) is 3.48. The third-order valence-corrected chi connectivity index (χ3v) is 5.86. The van der Waals surface area contributed by atoms with Gasteiger partial charge in [-0.05, 0) is 76.5 Å². The fourth-order valence-corrected chi connectivity index (χ4v) is 3.99.